The van der Waals surface area contributed by atoms with Crippen LogP contribution in [0.15, 0.2) is 22.7 Å². The zero-order chi connectivity index (χ0) is 15.4. The highest BCUT2D eigenvalue weighted by Crippen LogP contribution is 2.27. The molecule has 1 saturated carbocycles. The summed E-state index contributed by atoms with van der Waals surface area (Å²) in [6.07, 6.45) is 4.88. The molecule has 0 aromatic heterocycles. The summed E-state index contributed by atoms with van der Waals surface area (Å²) >= 11 is 9.12. The Morgan fingerprint density at radius 1 is 1.29 bits per heavy atom. The molecule has 1 aromatic carbocycles. The first kappa shape index (κ1) is 16.3. The molecule has 0 aliphatic heterocycles. The standard InChI is InChI=1S/C15H17BrClNO3/c16-12-8-10(17)6-7-11(12)14(19)18-13(15(20)21)9-4-2-1-3-5-9/h6-9,13H,1-5H2,(H,18,19)(H,20,21). The summed E-state index contributed by atoms with van der Waals surface area (Å²) in [6, 6.07) is 3.98. The van der Waals surface area contributed by atoms with Gasteiger partial charge in [-0.2, -0.15) is 0 Å². The molecule has 0 saturated heterocycles. The summed E-state index contributed by atoms with van der Waals surface area (Å²) in [5.41, 5.74) is 0.390. The van der Waals surface area contributed by atoms with Crippen molar-refractivity contribution in [2.45, 2.75) is 38.1 Å². The Balaban J connectivity index is 2.12. The second-order valence-corrected chi connectivity index (χ2v) is 6.60. The van der Waals surface area contributed by atoms with Crippen molar-refractivity contribution >= 4 is 39.4 Å². The number of aliphatic carboxylic acids is 1. The van der Waals surface area contributed by atoms with Crippen molar-refractivity contribution in [3.8, 4) is 0 Å². The van der Waals surface area contributed by atoms with E-state index in [1.54, 1.807) is 18.2 Å². The van der Waals surface area contributed by atoms with Gasteiger partial charge in [0.25, 0.3) is 5.91 Å². The maximum absolute atomic E-state index is 12.3. The smallest absolute Gasteiger partial charge is 0.326 e. The number of hydrogen-bond donors (Lipinski definition) is 2. The van der Waals surface area contributed by atoms with Crippen LogP contribution in [0.2, 0.25) is 5.02 Å². The highest BCUT2D eigenvalue weighted by Gasteiger charge is 2.31. The van der Waals surface area contributed by atoms with Crippen molar-refractivity contribution in [1.82, 2.24) is 5.32 Å². The average molecular weight is 375 g/mol. The number of hydrogen-bond acceptors (Lipinski definition) is 2. The molecular weight excluding hydrogens is 358 g/mol. The van der Waals surface area contributed by atoms with Crippen LogP contribution in [0.4, 0.5) is 0 Å². The summed E-state index contributed by atoms with van der Waals surface area (Å²) < 4.78 is 0.556. The number of carbonyl (C=O) groups excluding carboxylic acids is 1. The fourth-order valence-corrected chi connectivity index (χ4v) is 3.60. The van der Waals surface area contributed by atoms with Gasteiger partial charge in [0.2, 0.25) is 0 Å². The Labute approximate surface area is 137 Å². The summed E-state index contributed by atoms with van der Waals surface area (Å²) in [7, 11) is 0. The van der Waals surface area contributed by atoms with Crippen molar-refractivity contribution in [3.05, 3.63) is 33.3 Å². The normalized spacial score (nSPS) is 17.2. The minimum atomic E-state index is -0.972. The minimum Gasteiger partial charge on any atom is -0.480 e. The van der Waals surface area contributed by atoms with Crippen LogP contribution in [-0.2, 0) is 4.79 Å². The van der Waals surface area contributed by atoms with Gasteiger partial charge in [-0.3, -0.25) is 4.79 Å². The zero-order valence-corrected chi connectivity index (χ0v) is 13.8. The fraction of sp³-hybridized carbons (Fsp3) is 0.467. The molecule has 1 aromatic rings. The first-order valence-electron chi connectivity index (χ1n) is 6.98. The molecule has 0 spiro atoms. The van der Waals surface area contributed by atoms with E-state index in [0.29, 0.717) is 15.1 Å². The number of carboxylic acid groups (broad SMARTS) is 1. The average Bonchev–Trinajstić information content (AvgIpc) is 2.45. The van der Waals surface area contributed by atoms with Crippen molar-refractivity contribution in [2.24, 2.45) is 5.92 Å². The van der Waals surface area contributed by atoms with Crippen LogP contribution in [0.3, 0.4) is 0 Å². The topological polar surface area (TPSA) is 66.4 Å². The number of amides is 1. The van der Waals surface area contributed by atoms with Crippen molar-refractivity contribution in [2.75, 3.05) is 0 Å². The highest BCUT2D eigenvalue weighted by molar-refractivity contribution is 9.10. The van der Waals surface area contributed by atoms with E-state index < -0.39 is 17.9 Å². The number of carbonyl (C=O) groups is 2. The lowest BCUT2D eigenvalue weighted by atomic mass is 9.84. The molecule has 1 amide bonds. The maximum Gasteiger partial charge on any atom is 0.326 e. The Kier molecular flexibility index (Phi) is 5.65. The molecule has 1 fully saturated rings. The van der Waals surface area contributed by atoms with E-state index in [4.69, 9.17) is 11.6 Å². The van der Waals surface area contributed by atoms with Gasteiger partial charge in [-0.15, -0.1) is 0 Å². The Morgan fingerprint density at radius 3 is 2.52 bits per heavy atom. The number of carboxylic acids is 1. The first-order chi connectivity index (χ1) is 9.99. The molecule has 2 N–H and O–H groups in total. The third-order valence-corrected chi connectivity index (χ3v) is 4.74. The van der Waals surface area contributed by atoms with Gasteiger partial charge in [0.05, 0.1) is 5.56 Å². The number of rotatable bonds is 4. The van der Waals surface area contributed by atoms with E-state index in [-0.39, 0.29) is 5.92 Å². The van der Waals surface area contributed by atoms with E-state index >= 15 is 0 Å². The number of benzene rings is 1. The molecule has 6 heteroatoms. The van der Waals surface area contributed by atoms with E-state index in [2.05, 4.69) is 21.2 Å². The third kappa shape index (κ3) is 4.20. The quantitative estimate of drug-likeness (QED) is 0.841. The molecule has 1 aliphatic carbocycles. The molecule has 21 heavy (non-hydrogen) atoms. The Morgan fingerprint density at radius 2 is 1.95 bits per heavy atom. The third-order valence-electron chi connectivity index (χ3n) is 3.85. The van der Waals surface area contributed by atoms with Gasteiger partial charge >= 0.3 is 5.97 Å². The lowest BCUT2D eigenvalue weighted by Crippen LogP contribution is -2.46. The molecule has 1 atom stereocenters. The van der Waals surface area contributed by atoms with Gasteiger partial charge in [-0.05, 0) is 52.9 Å². The van der Waals surface area contributed by atoms with Crippen LogP contribution >= 0.6 is 27.5 Å². The SMILES string of the molecule is O=C(NC(C(=O)O)C1CCCCC1)c1ccc(Cl)cc1Br. The molecule has 2 rings (SSSR count). The summed E-state index contributed by atoms with van der Waals surface area (Å²) in [5.74, 6) is -1.36. The molecule has 0 bridgehead atoms. The number of halogens is 2. The van der Waals surface area contributed by atoms with Crippen molar-refractivity contribution in [1.29, 1.82) is 0 Å². The predicted octanol–water partition coefficient (Wildman–Crippen LogP) is 3.87. The first-order valence-corrected chi connectivity index (χ1v) is 8.15. The second-order valence-electron chi connectivity index (χ2n) is 5.31. The molecule has 114 valence electrons. The van der Waals surface area contributed by atoms with Gasteiger partial charge in [0.1, 0.15) is 6.04 Å². The van der Waals surface area contributed by atoms with Gasteiger partial charge in [0, 0.05) is 9.50 Å². The van der Waals surface area contributed by atoms with Crippen LogP contribution in [0.25, 0.3) is 0 Å². The molecular formula is C15H17BrClNO3. The van der Waals surface area contributed by atoms with E-state index in [1.165, 1.54) is 0 Å². The Hall–Kier alpha value is -1.07. The lowest BCUT2D eigenvalue weighted by molar-refractivity contribution is -0.141. The monoisotopic (exact) mass is 373 g/mol. The summed E-state index contributed by atoms with van der Waals surface area (Å²) in [4.78, 5) is 23.7. The van der Waals surface area contributed by atoms with Crippen LogP contribution in [0.1, 0.15) is 42.5 Å². The van der Waals surface area contributed by atoms with Crippen LogP contribution in [0, 0.1) is 5.92 Å². The van der Waals surface area contributed by atoms with Gasteiger partial charge in [-0.1, -0.05) is 30.9 Å². The van der Waals surface area contributed by atoms with Gasteiger partial charge < -0.3 is 10.4 Å². The highest BCUT2D eigenvalue weighted by atomic mass is 79.9. The van der Waals surface area contributed by atoms with E-state index in [1.807, 2.05) is 0 Å². The fourth-order valence-electron chi connectivity index (χ4n) is 2.74. The predicted molar refractivity (Wildman–Crippen MR) is 84.6 cm³/mol. The maximum atomic E-state index is 12.3. The number of nitrogens with one attached hydrogen (secondary N) is 1. The van der Waals surface area contributed by atoms with Crippen molar-refractivity contribution in [3.63, 3.8) is 0 Å². The second kappa shape index (κ2) is 7.27. The Bertz CT molecular complexity index is 544. The zero-order valence-electron chi connectivity index (χ0n) is 11.4. The molecule has 1 aliphatic rings. The van der Waals surface area contributed by atoms with Gasteiger partial charge in [-0.25, -0.2) is 4.79 Å². The molecule has 1 unspecified atom stereocenters. The summed E-state index contributed by atoms with van der Waals surface area (Å²) in [6.45, 7) is 0. The molecule has 0 heterocycles. The van der Waals surface area contributed by atoms with Crippen LogP contribution < -0.4 is 5.32 Å². The van der Waals surface area contributed by atoms with Crippen molar-refractivity contribution < 1.29 is 14.7 Å². The van der Waals surface area contributed by atoms with E-state index in [0.717, 1.165) is 32.1 Å². The van der Waals surface area contributed by atoms with Crippen LogP contribution in [0.5, 0.6) is 0 Å². The minimum absolute atomic E-state index is 0.00581. The van der Waals surface area contributed by atoms with Crippen LogP contribution in [-0.4, -0.2) is 23.0 Å². The molecule has 0 radical (unpaired) electrons. The molecule has 4 nitrogen and oxygen atoms in total. The van der Waals surface area contributed by atoms with E-state index in [9.17, 15) is 14.7 Å². The van der Waals surface area contributed by atoms with Gasteiger partial charge in [0.15, 0.2) is 0 Å². The summed E-state index contributed by atoms with van der Waals surface area (Å²) in [5, 5.41) is 12.6. The lowest BCUT2D eigenvalue weighted by Gasteiger charge is -2.28. The largest absolute Gasteiger partial charge is 0.480 e.